The highest BCUT2D eigenvalue weighted by atomic mass is 32.1. The molecule has 1 aromatic carbocycles. The Morgan fingerprint density at radius 2 is 2.11 bits per heavy atom. The van der Waals surface area contributed by atoms with Crippen molar-refractivity contribution in [1.82, 2.24) is 20.1 Å². The Hall–Kier alpha value is -3.64. The zero-order valence-electron chi connectivity index (χ0n) is 14.3. The third-order valence-electron chi connectivity index (χ3n) is 3.92. The largest absolute Gasteiger partial charge is 0.361 e. The second-order valence-electron chi connectivity index (χ2n) is 5.73. The molecule has 0 radical (unpaired) electrons. The summed E-state index contributed by atoms with van der Waals surface area (Å²) < 4.78 is 6.15. The highest BCUT2D eigenvalue weighted by Crippen LogP contribution is 2.33. The number of thiazole rings is 1. The fourth-order valence-corrected chi connectivity index (χ4v) is 3.63. The zero-order valence-corrected chi connectivity index (χ0v) is 15.2. The van der Waals surface area contributed by atoms with E-state index in [0.717, 1.165) is 32.8 Å². The molecule has 0 aliphatic rings. The first kappa shape index (κ1) is 16.8. The summed E-state index contributed by atoms with van der Waals surface area (Å²) in [4.78, 5) is 24.4. The summed E-state index contributed by atoms with van der Waals surface area (Å²) in [5.41, 5.74) is 3.64. The van der Waals surface area contributed by atoms with Crippen LogP contribution >= 0.6 is 11.3 Å². The van der Waals surface area contributed by atoms with Crippen molar-refractivity contribution in [2.45, 2.75) is 13.8 Å². The molecule has 3 aromatic heterocycles. The van der Waals surface area contributed by atoms with Crippen LogP contribution in [0.2, 0.25) is 0 Å². The minimum Gasteiger partial charge on any atom is -0.361 e. The van der Waals surface area contributed by atoms with Gasteiger partial charge in [0.05, 0.1) is 15.9 Å². The number of nitrogens with one attached hydrogen (secondary N) is 1. The van der Waals surface area contributed by atoms with Gasteiger partial charge in [-0.3, -0.25) is 10.1 Å². The third kappa shape index (κ3) is 3.14. The van der Waals surface area contributed by atoms with Crippen molar-refractivity contribution in [3.63, 3.8) is 0 Å². The van der Waals surface area contributed by atoms with Crippen molar-refractivity contribution in [2.24, 2.45) is 0 Å². The number of amides is 1. The Balaban J connectivity index is 1.64. The number of aromatic nitrogens is 4. The molecule has 0 fully saturated rings. The Morgan fingerprint density at radius 3 is 2.85 bits per heavy atom. The Kier molecular flexibility index (Phi) is 4.10. The molecule has 0 aliphatic heterocycles. The number of fused-ring (bicyclic) bond motifs is 1. The Morgan fingerprint density at radius 1 is 1.26 bits per heavy atom. The van der Waals surface area contributed by atoms with E-state index in [1.165, 1.54) is 23.6 Å². The van der Waals surface area contributed by atoms with Gasteiger partial charge in [0, 0.05) is 11.8 Å². The summed E-state index contributed by atoms with van der Waals surface area (Å²) in [6.45, 7) is 3.76. The fraction of sp³-hybridized carbons (Fsp3) is 0.111. The lowest BCUT2D eigenvalue weighted by atomic mass is 10.0. The van der Waals surface area contributed by atoms with Crippen molar-refractivity contribution in [1.29, 1.82) is 5.26 Å². The van der Waals surface area contributed by atoms with Crippen molar-refractivity contribution >= 4 is 32.6 Å². The Bertz CT molecular complexity index is 1200. The first-order chi connectivity index (χ1) is 13.0. The van der Waals surface area contributed by atoms with Gasteiger partial charge in [-0.1, -0.05) is 22.6 Å². The molecule has 1 amide bonds. The van der Waals surface area contributed by atoms with Gasteiger partial charge in [-0.05, 0) is 37.6 Å². The van der Waals surface area contributed by atoms with Crippen LogP contribution in [0.3, 0.4) is 0 Å². The Labute approximate surface area is 157 Å². The van der Waals surface area contributed by atoms with Gasteiger partial charge in [0.25, 0.3) is 5.91 Å². The molecule has 0 spiro atoms. The zero-order chi connectivity index (χ0) is 19.0. The summed E-state index contributed by atoms with van der Waals surface area (Å²) in [7, 11) is 0. The fourth-order valence-electron chi connectivity index (χ4n) is 2.73. The van der Waals surface area contributed by atoms with Gasteiger partial charge < -0.3 is 4.52 Å². The summed E-state index contributed by atoms with van der Waals surface area (Å²) in [6, 6.07) is 9.08. The van der Waals surface area contributed by atoms with Crippen molar-refractivity contribution in [2.75, 3.05) is 5.32 Å². The molecule has 132 valence electrons. The van der Waals surface area contributed by atoms with Gasteiger partial charge in [-0.2, -0.15) is 5.26 Å². The van der Waals surface area contributed by atoms with E-state index in [4.69, 9.17) is 9.78 Å². The number of hydrogen-bond acceptors (Lipinski definition) is 8. The summed E-state index contributed by atoms with van der Waals surface area (Å²) in [6.07, 6.45) is 1.37. The molecule has 3 heterocycles. The average Bonchev–Trinajstić information content (AvgIpc) is 3.23. The normalized spacial score (nSPS) is 10.7. The molecule has 0 aliphatic carbocycles. The SMILES string of the molecule is Cc1noc(C)c1-c1ccc2nc(NC(=O)c3ccnc(C#N)n3)sc2c1. The van der Waals surface area contributed by atoms with Gasteiger partial charge in [-0.15, -0.1) is 0 Å². The maximum atomic E-state index is 12.3. The van der Waals surface area contributed by atoms with Gasteiger partial charge >= 0.3 is 0 Å². The molecule has 27 heavy (non-hydrogen) atoms. The lowest BCUT2D eigenvalue weighted by Gasteiger charge is -2.00. The number of carbonyl (C=O) groups is 1. The molecular formula is C18H12N6O2S. The van der Waals surface area contributed by atoms with Gasteiger partial charge in [0.15, 0.2) is 5.13 Å². The number of nitrogens with zero attached hydrogens (tertiary/aromatic N) is 5. The van der Waals surface area contributed by atoms with Crippen LogP contribution in [0.4, 0.5) is 5.13 Å². The van der Waals surface area contributed by atoms with Gasteiger partial charge in [0.2, 0.25) is 5.82 Å². The molecular weight excluding hydrogens is 364 g/mol. The molecule has 0 bridgehead atoms. The quantitative estimate of drug-likeness (QED) is 0.581. The van der Waals surface area contributed by atoms with Gasteiger partial charge in [-0.25, -0.2) is 15.0 Å². The lowest BCUT2D eigenvalue weighted by Crippen LogP contribution is -2.14. The smallest absolute Gasteiger partial charge is 0.276 e. The van der Waals surface area contributed by atoms with Crippen LogP contribution < -0.4 is 5.32 Å². The molecule has 1 N–H and O–H groups in total. The number of rotatable bonds is 3. The average molecular weight is 376 g/mol. The summed E-state index contributed by atoms with van der Waals surface area (Å²) in [5, 5.41) is 16.0. The van der Waals surface area contributed by atoms with Crippen LogP contribution in [0.5, 0.6) is 0 Å². The molecule has 0 atom stereocenters. The minimum atomic E-state index is -0.445. The van der Waals surface area contributed by atoms with E-state index in [2.05, 4.69) is 25.4 Å². The summed E-state index contributed by atoms with van der Waals surface area (Å²) in [5.74, 6) is 0.247. The predicted octanol–water partition coefficient (Wildman–Crippen LogP) is 3.48. The maximum Gasteiger partial charge on any atom is 0.276 e. The first-order valence-corrected chi connectivity index (χ1v) is 8.75. The second kappa shape index (κ2) is 6.59. The minimum absolute atomic E-state index is 0.0592. The van der Waals surface area contributed by atoms with Crippen molar-refractivity contribution in [3.8, 4) is 17.2 Å². The highest BCUT2D eigenvalue weighted by molar-refractivity contribution is 7.22. The maximum absolute atomic E-state index is 12.3. The van der Waals surface area contributed by atoms with E-state index in [1.807, 2.05) is 38.1 Å². The van der Waals surface area contributed by atoms with Crippen LogP contribution in [0.25, 0.3) is 21.3 Å². The molecule has 0 saturated heterocycles. The highest BCUT2D eigenvalue weighted by Gasteiger charge is 2.15. The van der Waals surface area contributed by atoms with E-state index in [0.29, 0.717) is 5.13 Å². The van der Waals surface area contributed by atoms with Crippen molar-refractivity contribution in [3.05, 3.63) is 53.4 Å². The van der Waals surface area contributed by atoms with E-state index in [9.17, 15) is 4.79 Å². The molecule has 0 saturated carbocycles. The number of nitriles is 1. The van der Waals surface area contributed by atoms with E-state index < -0.39 is 5.91 Å². The molecule has 0 unspecified atom stereocenters. The number of anilines is 1. The topological polar surface area (TPSA) is 118 Å². The summed E-state index contributed by atoms with van der Waals surface area (Å²) >= 11 is 1.35. The van der Waals surface area contributed by atoms with Crippen LogP contribution in [0.1, 0.15) is 27.8 Å². The number of carbonyl (C=O) groups excluding carboxylic acids is 1. The van der Waals surface area contributed by atoms with E-state index in [-0.39, 0.29) is 11.5 Å². The first-order valence-electron chi connectivity index (χ1n) is 7.93. The molecule has 4 rings (SSSR count). The molecule has 8 nitrogen and oxygen atoms in total. The number of hydrogen-bond donors (Lipinski definition) is 1. The van der Waals surface area contributed by atoms with E-state index >= 15 is 0 Å². The monoisotopic (exact) mass is 376 g/mol. The van der Waals surface area contributed by atoms with Crippen LogP contribution in [0.15, 0.2) is 35.0 Å². The van der Waals surface area contributed by atoms with Crippen molar-refractivity contribution < 1.29 is 9.32 Å². The van der Waals surface area contributed by atoms with Crippen LogP contribution in [-0.2, 0) is 0 Å². The second-order valence-corrected chi connectivity index (χ2v) is 6.76. The predicted molar refractivity (Wildman–Crippen MR) is 99.3 cm³/mol. The van der Waals surface area contributed by atoms with Gasteiger partial charge in [0.1, 0.15) is 17.5 Å². The number of benzene rings is 1. The number of aryl methyl sites for hydroxylation is 2. The third-order valence-corrected chi connectivity index (χ3v) is 4.85. The molecule has 4 aromatic rings. The molecule has 9 heteroatoms. The van der Waals surface area contributed by atoms with Crippen LogP contribution in [-0.4, -0.2) is 26.0 Å². The standard InChI is InChI=1S/C18H12N6O2S/c1-9-16(10(2)26-24-9)11-3-4-12-14(7-11)27-18(22-12)23-17(25)13-5-6-20-15(8-19)21-13/h3-7H,1-2H3,(H,22,23,25). The van der Waals surface area contributed by atoms with Crippen LogP contribution in [0, 0.1) is 25.2 Å². The lowest BCUT2D eigenvalue weighted by molar-refractivity contribution is 0.102. The van der Waals surface area contributed by atoms with E-state index in [1.54, 1.807) is 0 Å².